The summed E-state index contributed by atoms with van der Waals surface area (Å²) in [6.07, 6.45) is 4.62. The average molecular weight is 218 g/mol. The van der Waals surface area contributed by atoms with Gasteiger partial charge in [-0.05, 0) is 41.9 Å². The molecule has 0 N–H and O–H groups in total. The monoisotopic (exact) mass is 218 g/mol. The highest BCUT2D eigenvalue weighted by Crippen LogP contribution is 2.69. The molecule has 0 aromatic rings. The molecule has 0 aromatic carbocycles. The van der Waals surface area contributed by atoms with Crippen molar-refractivity contribution in [3.63, 3.8) is 0 Å². The molecule has 0 radical (unpaired) electrons. The Labute approximate surface area is 98.3 Å². The van der Waals surface area contributed by atoms with E-state index in [0.717, 1.165) is 12.3 Å². The number of carbonyl (C=O) groups is 1. The minimum absolute atomic E-state index is 0.259. The maximum absolute atomic E-state index is 12.0. The number of carbonyl (C=O) groups excluding carboxylic acids is 1. The van der Waals surface area contributed by atoms with Crippen LogP contribution in [0.3, 0.4) is 0 Å². The highest BCUT2D eigenvalue weighted by molar-refractivity contribution is 5.85. The minimum Gasteiger partial charge on any atom is -0.299 e. The molecule has 1 spiro atoms. The van der Waals surface area contributed by atoms with Crippen LogP contribution in [-0.2, 0) is 4.79 Å². The Bertz CT molecular complexity index is 379. The van der Waals surface area contributed by atoms with Crippen LogP contribution in [0.25, 0.3) is 0 Å². The van der Waals surface area contributed by atoms with E-state index in [0.29, 0.717) is 17.1 Å². The Morgan fingerprint density at radius 3 is 2.75 bits per heavy atom. The van der Waals surface area contributed by atoms with Crippen LogP contribution in [0, 0.1) is 28.6 Å². The van der Waals surface area contributed by atoms with Crippen molar-refractivity contribution < 1.29 is 4.79 Å². The Hall–Kier alpha value is -0.590. The van der Waals surface area contributed by atoms with Gasteiger partial charge in [0.2, 0.25) is 0 Å². The van der Waals surface area contributed by atoms with Gasteiger partial charge >= 0.3 is 0 Å². The van der Waals surface area contributed by atoms with Crippen LogP contribution < -0.4 is 0 Å². The Balaban J connectivity index is 2.10. The topological polar surface area (TPSA) is 17.1 Å². The second-order valence-electron chi connectivity index (χ2n) is 6.86. The van der Waals surface area contributed by atoms with Gasteiger partial charge in [0.15, 0.2) is 0 Å². The molecule has 4 atom stereocenters. The summed E-state index contributed by atoms with van der Waals surface area (Å²) in [5.74, 6) is 2.04. The van der Waals surface area contributed by atoms with Gasteiger partial charge in [0.1, 0.15) is 5.78 Å². The Morgan fingerprint density at radius 2 is 2.06 bits per heavy atom. The van der Waals surface area contributed by atoms with Gasteiger partial charge in [0.25, 0.3) is 0 Å². The van der Waals surface area contributed by atoms with Crippen LogP contribution in [0.5, 0.6) is 0 Å². The van der Waals surface area contributed by atoms with Crippen LogP contribution in [-0.4, -0.2) is 5.78 Å². The van der Waals surface area contributed by atoms with E-state index >= 15 is 0 Å². The highest BCUT2D eigenvalue weighted by Gasteiger charge is 2.63. The van der Waals surface area contributed by atoms with Crippen molar-refractivity contribution in [3.8, 4) is 0 Å². The summed E-state index contributed by atoms with van der Waals surface area (Å²) in [7, 11) is 0. The van der Waals surface area contributed by atoms with Crippen LogP contribution in [0.2, 0.25) is 0 Å². The molecule has 16 heavy (non-hydrogen) atoms. The molecule has 0 heterocycles. The molecule has 2 bridgehead atoms. The summed E-state index contributed by atoms with van der Waals surface area (Å²) >= 11 is 0. The molecule has 3 saturated carbocycles. The van der Waals surface area contributed by atoms with E-state index in [2.05, 4.69) is 27.4 Å². The second kappa shape index (κ2) is 2.80. The quantitative estimate of drug-likeness (QED) is 0.568. The summed E-state index contributed by atoms with van der Waals surface area (Å²) in [6, 6.07) is 0. The van der Waals surface area contributed by atoms with Gasteiger partial charge in [-0.1, -0.05) is 32.9 Å². The number of allylic oxidation sites excluding steroid dienone is 1. The van der Waals surface area contributed by atoms with Gasteiger partial charge in [-0.15, -0.1) is 0 Å². The molecule has 3 aliphatic carbocycles. The third-order valence-corrected chi connectivity index (χ3v) is 6.30. The Kier molecular flexibility index (Phi) is 1.85. The first-order valence-electron chi connectivity index (χ1n) is 6.61. The molecule has 3 fully saturated rings. The fourth-order valence-corrected chi connectivity index (χ4v) is 4.82. The zero-order valence-corrected chi connectivity index (χ0v) is 10.7. The van der Waals surface area contributed by atoms with Crippen LogP contribution in [0.4, 0.5) is 0 Å². The van der Waals surface area contributed by atoms with E-state index in [1.807, 2.05) is 0 Å². The number of ketones is 1. The van der Waals surface area contributed by atoms with E-state index in [9.17, 15) is 4.79 Å². The fourth-order valence-electron chi connectivity index (χ4n) is 4.82. The lowest BCUT2D eigenvalue weighted by atomic mass is 9.56. The van der Waals surface area contributed by atoms with Gasteiger partial charge in [-0.3, -0.25) is 4.79 Å². The summed E-state index contributed by atoms with van der Waals surface area (Å²) in [5, 5.41) is 0. The van der Waals surface area contributed by atoms with Gasteiger partial charge in [0.05, 0.1) is 0 Å². The number of fused-ring (bicyclic) bond motifs is 1. The lowest BCUT2D eigenvalue weighted by Crippen LogP contribution is -2.40. The molecule has 1 nitrogen and oxygen atoms in total. The highest BCUT2D eigenvalue weighted by atomic mass is 16.1. The minimum atomic E-state index is 0.259. The number of rotatable bonds is 0. The predicted octanol–water partition coefficient (Wildman–Crippen LogP) is 3.59. The van der Waals surface area contributed by atoms with Crippen molar-refractivity contribution >= 4 is 5.78 Å². The lowest BCUT2D eigenvalue weighted by molar-refractivity contribution is -0.121. The van der Waals surface area contributed by atoms with Gasteiger partial charge < -0.3 is 0 Å². The van der Waals surface area contributed by atoms with E-state index in [1.165, 1.54) is 24.8 Å². The molecule has 88 valence electrons. The van der Waals surface area contributed by atoms with Crippen molar-refractivity contribution in [3.05, 3.63) is 12.2 Å². The standard InChI is InChI=1S/C15H22O/c1-9-12-7-13(16)10(2)15(12)6-5-11(8-15)14(9,3)4/h10-12H,1,5-8H2,2-4H3/t10-,11-,12-,15+/m1/s1. The van der Waals surface area contributed by atoms with E-state index in [4.69, 9.17) is 0 Å². The number of Topliss-reactive ketones (excluding diaryl/α,β-unsaturated/α-hetero) is 1. The molecule has 0 amide bonds. The first-order valence-corrected chi connectivity index (χ1v) is 6.61. The predicted molar refractivity (Wildman–Crippen MR) is 65.0 cm³/mol. The Morgan fingerprint density at radius 1 is 1.38 bits per heavy atom. The van der Waals surface area contributed by atoms with Gasteiger partial charge in [0, 0.05) is 12.3 Å². The van der Waals surface area contributed by atoms with Gasteiger partial charge in [-0.25, -0.2) is 0 Å². The third-order valence-electron chi connectivity index (χ3n) is 6.30. The van der Waals surface area contributed by atoms with Gasteiger partial charge in [-0.2, -0.15) is 0 Å². The van der Waals surface area contributed by atoms with E-state index in [-0.39, 0.29) is 11.3 Å². The molecule has 3 aliphatic rings. The maximum Gasteiger partial charge on any atom is 0.136 e. The van der Waals surface area contributed by atoms with Crippen LogP contribution in [0.15, 0.2) is 12.2 Å². The smallest absolute Gasteiger partial charge is 0.136 e. The molecule has 0 aromatic heterocycles. The first kappa shape index (κ1) is 10.6. The number of hydrogen-bond acceptors (Lipinski definition) is 1. The van der Waals surface area contributed by atoms with Crippen molar-refractivity contribution in [2.45, 2.75) is 46.5 Å². The van der Waals surface area contributed by atoms with Crippen LogP contribution >= 0.6 is 0 Å². The summed E-state index contributed by atoms with van der Waals surface area (Å²) in [4.78, 5) is 12.0. The van der Waals surface area contributed by atoms with Crippen LogP contribution in [0.1, 0.15) is 46.5 Å². The fraction of sp³-hybridized carbons (Fsp3) is 0.800. The molecule has 0 saturated heterocycles. The molecule has 0 unspecified atom stereocenters. The summed E-state index contributed by atoms with van der Waals surface area (Å²) in [6.45, 7) is 11.2. The van der Waals surface area contributed by atoms with E-state index in [1.54, 1.807) is 0 Å². The van der Waals surface area contributed by atoms with E-state index < -0.39 is 0 Å². The van der Waals surface area contributed by atoms with Crippen molar-refractivity contribution in [1.82, 2.24) is 0 Å². The molecular formula is C15H22O. The SMILES string of the molecule is C=C1[C@H]2CC(=O)[C@@H](C)[C@@]23CC[C@H](C3)C1(C)C. The number of hydrogen-bond donors (Lipinski definition) is 0. The first-order chi connectivity index (χ1) is 7.39. The lowest BCUT2D eigenvalue weighted by Gasteiger charge is -2.48. The normalized spacial score (nSPS) is 49.6. The van der Waals surface area contributed by atoms with Crippen molar-refractivity contribution in [2.24, 2.45) is 28.6 Å². The molecular weight excluding hydrogens is 196 g/mol. The summed E-state index contributed by atoms with van der Waals surface area (Å²) < 4.78 is 0. The largest absolute Gasteiger partial charge is 0.299 e. The third kappa shape index (κ3) is 0.959. The molecule has 3 rings (SSSR count). The van der Waals surface area contributed by atoms with Crippen molar-refractivity contribution in [1.29, 1.82) is 0 Å². The molecule has 0 aliphatic heterocycles. The molecule has 1 heteroatoms. The maximum atomic E-state index is 12.0. The second-order valence-corrected chi connectivity index (χ2v) is 6.86. The van der Waals surface area contributed by atoms with Crippen molar-refractivity contribution in [2.75, 3.05) is 0 Å². The average Bonchev–Trinajstić information content (AvgIpc) is 2.75. The summed E-state index contributed by atoms with van der Waals surface area (Å²) in [5.41, 5.74) is 1.95. The zero-order chi connectivity index (χ0) is 11.7. The zero-order valence-electron chi connectivity index (χ0n) is 10.7.